The van der Waals surface area contributed by atoms with E-state index in [1.54, 1.807) is 30.3 Å². The van der Waals surface area contributed by atoms with E-state index in [4.69, 9.17) is 4.74 Å². The average Bonchev–Trinajstić information content (AvgIpc) is 2.79. The molecule has 10 heteroatoms. The fraction of sp³-hybridized carbons (Fsp3) is 0.429. The van der Waals surface area contributed by atoms with Crippen LogP contribution in [0.1, 0.15) is 5.56 Å². The zero-order chi connectivity index (χ0) is 22.1. The Hall–Kier alpha value is -2.30. The maximum absolute atomic E-state index is 13.0. The number of halogens is 3. The number of ether oxygens (including phenoxy) is 1. The van der Waals surface area contributed by atoms with Gasteiger partial charge >= 0.3 is 6.18 Å². The Morgan fingerprint density at radius 2 is 1.35 bits per heavy atom. The Bertz CT molecular complexity index is 999. The predicted octanol–water partition coefficient (Wildman–Crippen LogP) is 3.05. The lowest BCUT2D eigenvalue weighted by Gasteiger charge is -2.37. The van der Waals surface area contributed by atoms with Crippen LogP contribution < -0.4 is 9.80 Å². The first kappa shape index (κ1) is 21.9. The maximum atomic E-state index is 13.0. The fourth-order valence-electron chi connectivity index (χ4n) is 3.87. The highest BCUT2D eigenvalue weighted by molar-refractivity contribution is 7.89. The van der Waals surface area contributed by atoms with Gasteiger partial charge in [0, 0.05) is 50.6 Å². The number of sulfonamides is 1. The monoisotopic (exact) mass is 455 g/mol. The lowest BCUT2D eigenvalue weighted by molar-refractivity contribution is -0.137. The van der Waals surface area contributed by atoms with Crippen molar-refractivity contribution in [3.63, 3.8) is 0 Å². The lowest BCUT2D eigenvalue weighted by atomic mass is 10.1. The fourth-order valence-corrected chi connectivity index (χ4v) is 5.27. The van der Waals surface area contributed by atoms with Crippen molar-refractivity contribution in [2.75, 3.05) is 62.3 Å². The third-order valence-corrected chi connectivity index (χ3v) is 7.54. The van der Waals surface area contributed by atoms with Crippen LogP contribution >= 0.6 is 0 Å². The van der Waals surface area contributed by atoms with Crippen molar-refractivity contribution in [3.8, 4) is 0 Å². The Kier molecular flexibility index (Phi) is 6.14. The van der Waals surface area contributed by atoms with Gasteiger partial charge in [0.25, 0.3) is 0 Å². The van der Waals surface area contributed by atoms with Gasteiger partial charge in [-0.05, 0) is 42.5 Å². The van der Waals surface area contributed by atoms with Gasteiger partial charge in [0.1, 0.15) is 0 Å². The first-order chi connectivity index (χ1) is 14.7. The van der Waals surface area contributed by atoms with E-state index in [2.05, 4.69) is 4.90 Å². The van der Waals surface area contributed by atoms with Gasteiger partial charge in [0.15, 0.2) is 0 Å². The molecule has 2 aromatic carbocycles. The second kappa shape index (κ2) is 8.68. The summed E-state index contributed by atoms with van der Waals surface area (Å²) >= 11 is 0. The smallest absolute Gasteiger partial charge is 0.379 e. The van der Waals surface area contributed by atoms with Gasteiger partial charge in [-0.15, -0.1) is 0 Å². The number of benzene rings is 2. The quantitative estimate of drug-likeness (QED) is 0.710. The van der Waals surface area contributed by atoms with E-state index < -0.39 is 21.8 Å². The van der Waals surface area contributed by atoms with Crippen LogP contribution in [-0.4, -0.2) is 65.2 Å². The van der Waals surface area contributed by atoms with Crippen molar-refractivity contribution in [2.24, 2.45) is 0 Å². The number of hydrogen-bond donors (Lipinski definition) is 0. The molecule has 2 heterocycles. The molecule has 0 aromatic heterocycles. The SMILES string of the molecule is O=S(=O)(c1ccc(N2CCN(c3cccc(C(F)(F)F)c3)CC2)cc1)N1CCOCC1. The third kappa shape index (κ3) is 4.81. The number of morpholine rings is 1. The van der Waals surface area contributed by atoms with Gasteiger partial charge in [-0.1, -0.05) is 6.07 Å². The van der Waals surface area contributed by atoms with E-state index in [-0.39, 0.29) is 4.90 Å². The molecule has 0 aliphatic carbocycles. The molecule has 0 radical (unpaired) electrons. The largest absolute Gasteiger partial charge is 0.416 e. The van der Waals surface area contributed by atoms with Crippen molar-refractivity contribution in [2.45, 2.75) is 11.1 Å². The summed E-state index contributed by atoms with van der Waals surface area (Å²) in [5.74, 6) is 0. The Morgan fingerprint density at radius 1 is 0.774 bits per heavy atom. The Labute approximate surface area is 179 Å². The molecule has 2 aliphatic heterocycles. The summed E-state index contributed by atoms with van der Waals surface area (Å²) in [7, 11) is -3.54. The van der Waals surface area contributed by atoms with E-state index in [0.29, 0.717) is 58.2 Å². The second-order valence-electron chi connectivity index (χ2n) is 7.53. The second-order valence-corrected chi connectivity index (χ2v) is 9.47. The molecule has 2 fully saturated rings. The Morgan fingerprint density at radius 3 is 1.94 bits per heavy atom. The molecule has 0 unspecified atom stereocenters. The number of nitrogens with zero attached hydrogens (tertiary/aromatic N) is 3. The van der Waals surface area contributed by atoms with Crippen LogP contribution in [0, 0.1) is 0 Å². The molecule has 0 spiro atoms. The minimum absolute atomic E-state index is 0.251. The van der Waals surface area contributed by atoms with Crippen molar-refractivity contribution in [1.82, 2.24) is 4.31 Å². The van der Waals surface area contributed by atoms with Crippen molar-refractivity contribution in [3.05, 3.63) is 54.1 Å². The number of anilines is 2. The van der Waals surface area contributed by atoms with E-state index in [1.807, 2.05) is 4.90 Å². The summed E-state index contributed by atoms with van der Waals surface area (Å²) in [6.45, 7) is 3.91. The molecule has 0 saturated carbocycles. The average molecular weight is 456 g/mol. The first-order valence-electron chi connectivity index (χ1n) is 10.1. The van der Waals surface area contributed by atoms with Gasteiger partial charge in [-0.2, -0.15) is 17.5 Å². The number of hydrogen-bond acceptors (Lipinski definition) is 5. The summed E-state index contributed by atoms with van der Waals surface area (Å²) in [6.07, 6.45) is -4.36. The molecule has 0 amide bonds. The van der Waals surface area contributed by atoms with Gasteiger partial charge in [-0.25, -0.2) is 8.42 Å². The topological polar surface area (TPSA) is 53.1 Å². The normalized spacial score (nSPS) is 18.9. The van der Waals surface area contributed by atoms with Crippen LogP contribution in [-0.2, 0) is 20.9 Å². The minimum Gasteiger partial charge on any atom is -0.379 e. The van der Waals surface area contributed by atoms with Gasteiger partial charge in [0.2, 0.25) is 10.0 Å². The van der Waals surface area contributed by atoms with Crippen LogP contribution in [0.15, 0.2) is 53.4 Å². The third-order valence-electron chi connectivity index (χ3n) is 5.63. The van der Waals surface area contributed by atoms with Crippen LogP contribution in [0.5, 0.6) is 0 Å². The van der Waals surface area contributed by atoms with Crippen molar-refractivity contribution >= 4 is 21.4 Å². The standard InChI is InChI=1S/C21H24F3N3O3S/c22-21(23,24)17-2-1-3-19(16-17)26-10-8-25(9-11-26)18-4-6-20(7-5-18)31(28,29)27-12-14-30-15-13-27/h1-7,16H,8-15H2. The highest BCUT2D eigenvalue weighted by Crippen LogP contribution is 2.32. The molecular formula is C21H24F3N3O3S. The summed E-state index contributed by atoms with van der Waals surface area (Å²) in [4.78, 5) is 4.29. The first-order valence-corrected chi connectivity index (χ1v) is 11.5. The van der Waals surface area contributed by atoms with E-state index in [9.17, 15) is 21.6 Å². The Balaban J connectivity index is 1.40. The summed E-state index contributed by atoms with van der Waals surface area (Å²) in [6, 6.07) is 12.2. The molecule has 2 aromatic rings. The zero-order valence-corrected chi connectivity index (χ0v) is 17.7. The van der Waals surface area contributed by atoms with Crippen molar-refractivity contribution in [1.29, 1.82) is 0 Å². The number of piperazine rings is 1. The molecule has 31 heavy (non-hydrogen) atoms. The molecule has 0 bridgehead atoms. The van der Waals surface area contributed by atoms with Crippen LogP contribution in [0.2, 0.25) is 0 Å². The highest BCUT2D eigenvalue weighted by atomic mass is 32.2. The molecule has 2 aliphatic rings. The molecule has 168 valence electrons. The van der Waals surface area contributed by atoms with Crippen molar-refractivity contribution < 1.29 is 26.3 Å². The molecular weight excluding hydrogens is 431 g/mol. The summed E-state index contributed by atoms with van der Waals surface area (Å²) in [5.41, 5.74) is 0.801. The molecule has 6 nitrogen and oxygen atoms in total. The van der Waals surface area contributed by atoms with Crippen LogP contribution in [0.3, 0.4) is 0 Å². The highest BCUT2D eigenvalue weighted by Gasteiger charge is 2.31. The predicted molar refractivity (Wildman–Crippen MR) is 112 cm³/mol. The summed E-state index contributed by atoms with van der Waals surface area (Å²) in [5, 5.41) is 0. The van der Waals surface area contributed by atoms with E-state index in [0.717, 1.165) is 11.8 Å². The maximum Gasteiger partial charge on any atom is 0.416 e. The van der Waals surface area contributed by atoms with Crippen LogP contribution in [0.4, 0.5) is 24.5 Å². The van der Waals surface area contributed by atoms with Gasteiger partial charge in [0.05, 0.1) is 23.7 Å². The summed E-state index contributed by atoms with van der Waals surface area (Å²) < 4.78 is 71.1. The molecule has 0 N–H and O–H groups in total. The molecule has 0 atom stereocenters. The molecule has 2 saturated heterocycles. The lowest BCUT2D eigenvalue weighted by Crippen LogP contribution is -2.46. The van der Waals surface area contributed by atoms with Gasteiger partial charge < -0.3 is 14.5 Å². The van der Waals surface area contributed by atoms with Crippen LogP contribution in [0.25, 0.3) is 0 Å². The zero-order valence-electron chi connectivity index (χ0n) is 16.9. The number of rotatable bonds is 4. The molecule has 4 rings (SSSR count). The minimum atomic E-state index is -4.36. The number of alkyl halides is 3. The van der Waals surface area contributed by atoms with E-state index in [1.165, 1.54) is 16.4 Å². The van der Waals surface area contributed by atoms with E-state index >= 15 is 0 Å². The van der Waals surface area contributed by atoms with Gasteiger partial charge in [-0.3, -0.25) is 0 Å².